The first-order valence-electron chi connectivity index (χ1n) is 8.39. The number of benzene rings is 1. The van der Waals surface area contributed by atoms with Gasteiger partial charge in [-0.15, -0.1) is 0 Å². The van der Waals surface area contributed by atoms with Gasteiger partial charge in [0.15, 0.2) is 11.5 Å². The predicted octanol–water partition coefficient (Wildman–Crippen LogP) is 2.37. The van der Waals surface area contributed by atoms with Crippen LogP contribution in [0, 0.1) is 0 Å². The molecule has 0 amide bonds. The quantitative estimate of drug-likeness (QED) is 0.677. The molecule has 23 heavy (non-hydrogen) atoms. The lowest BCUT2D eigenvalue weighted by atomic mass is 10.0. The van der Waals surface area contributed by atoms with E-state index in [-0.39, 0.29) is 6.04 Å². The molecule has 1 rings (SSSR count). The van der Waals surface area contributed by atoms with Crippen LogP contribution in [0.2, 0.25) is 0 Å². The van der Waals surface area contributed by atoms with Gasteiger partial charge in [-0.25, -0.2) is 0 Å². The van der Waals surface area contributed by atoms with Crippen LogP contribution in [0.3, 0.4) is 0 Å². The summed E-state index contributed by atoms with van der Waals surface area (Å²) >= 11 is 0. The lowest BCUT2D eigenvalue weighted by Gasteiger charge is -2.28. The maximum absolute atomic E-state index is 6.00. The Kier molecular flexibility index (Phi) is 8.99. The molecule has 0 aromatic heterocycles. The van der Waals surface area contributed by atoms with Gasteiger partial charge in [-0.1, -0.05) is 19.4 Å². The smallest absolute Gasteiger partial charge is 0.161 e. The van der Waals surface area contributed by atoms with Crippen molar-refractivity contribution in [3.8, 4) is 11.5 Å². The van der Waals surface area contributed by atoms with Gasteiger partial charge in [0.2, 0.25) is 0 Å². The number of hydrogen-bond acceptors (Lipinski definition) is 5. The Morgan fingerprint density at radius 3 is 2.43 bits per heavy atom. The summed E-state index contributed by atoms with van der Waals surface area (Å²) in [5.41, 5.74) is 7.17. The molecule has 0 saturated heterocycles. The Morgan fingerprint density at radius 1 is 1.13 bits per heavy atom. The Hall–Kier alpha value is -1.30. The van der Waals surface area contributed by atoms with Crippen molar-refractivity contribution in [3.05, 3.63) is 23.8 Å². The van der Waals surface area contributed by atoms with Crippen molar-refractivity contribution < 1.29 is 9.47 Å². The number of methoxy groups -OCH3 is 1. The van der Waals surface area contributed by atoms with Crippen LogP contribution in [0.1, 0.15) is 31.4 Å². The molecule has 0 aliphatic heterocycles. The largest absolute Gasteiger partial charge is 0.493 e. The molecule has 0 radical (unpaired) electrons. The molecule has 2 N–H and O–H groups in total. The summed E-state index contributed by atoms with van der Waals surface area (Å²) in [5, 5.41) is 0. The molecule has 0 bridgehead atoms. The number of hydrogen-bond donors (Lipinski definition) is 1. The standard InChI is InChI=1S/C18H33N3O2/c1-6-7-10-21(4)16(14-19)15-8-9-17(18(13-15)22-5)23-12-11-20(2)3/h8-9,13,16H,6-7,10-12,14,19H2,1-5H3. The van der Waals surface area contributed by atoms with Crippen molar-refractivity contribution in [2.24, 2.45) is 5.73 Å². The normalized spacial score (nSPS) is 12.7. The highest BCUT2D eigenvalue weighted by Gasteiger charge is 2.17. The second-order valence-corrected chi connectivity index (χ2v) is 6.15. The van der Waals surface area contributed by atoms with E-state index >= 15 is 0 Å². The number of likely N-dealkylation sites (N-methyl/N-ethyl adjacent to an activating group) is 2. The van der Waals surface area contributed by atoms with Gasteiger partial charge in [-0.2, -0.15) is 0 Å². The van der Waals surface area contributed by atoms with Crippen LogP contribution in [0.15, 0.2) is 18.2 Å². The van der Waals surface area contributed by atoms with Crippen LogP contribution in [0.5, 0.6) is 11.5 Å². The molecule has 0 spiro atoms. The van der Waals surface area contributed by atoms with Crippen LogP contribution in [-0.2, 0) is 0 Å². The number of unbranched alkanes of at least 4 members (excludes halogenated alkanes) is 1. The second kappa shape index (κ2) is 10.5. The van der Waals surface area contributed by atoms with E-state index in [1.807, 2.05) is 26.2 Å². The van der Waals surface area contributed by atoms with Crippen molar-refractivity contribution in [2.45, 2.75) is 25.8 Å². The predicted molar refractivity (Wildman–Crippen MR) is 96.4 cm³/mol. The van der Waals surface area contributed by atoms with Gasteiger partial charge in [0.05, 0.1) is 7.11 Å². The third-order valence-corrected chi connectivity index (χ3v) is 3.99. The third kappa shape index (κ3) is 6.37. The summed E-state index contributed by atoms with van der Waals surface area (Å²) < 4.78 is 11.3. The van der Waals surface area contributed by atoms with Crippen molar-refractivity contribution in [1.82, 2.24) is 9.80 Å². The number of ether oxygens (including phenoxy) is 2. The first-order chi connectivity index (χ1) is 11.0. The van der Waals surface area contributed by atoms with Crippen molar-refractivity contribution in [3.63, 3.8) is 0 Å². The van der Waals surface area contributed by atoms with E-state index in [2.05, 4.69) is 29.8 Å². The van der Waals surface area contributed by atoms with E-state index in [0.717, 1.165) is 24.6 Å². The van der Waals surface area contributed by atoms with Crippen LogP contribution in [0.25, 0.3) is 0 Å². The molecule has 0 aliphatic carbocycles. The zero-order valence-electron chi connectivity index (χ0n) is 15.3. The van der Waals surface area contributed by atoms with Crippen LogP contribution in [0.4, 0.5) is 0 Å². The van der Waals surface area contributed by atoms with Gasteiger partial charge in [0.25, 0.3) is 0 Å². The molecule has 0 saturated carbocycles. The first-order valence-corrected chi connectivity index (χ1v) is 8.39. The van der Waals surface area contributed by atoms with Gasteiger partial charge in [-0.3, -0.25) is 4.90 Å². The molecular formula is C18H33N3O2. The summed E-state index contributed by atoms with van der Waals surface area (Å²) in [6.07, 6.45) is 2.36. The SMILES string of the molecule is CCCCN(C)C(CN)c1ccc(OCCN(C)C)c(OC)c1. The van der Waals surface area contributed by atoms with E-state index in [1.54, 1.807) is 7.11 Å². The molecular weight excluding hydrogens is 290 g/mol. The summed E-state index contributed by atoms with van der Waals surface area (Å²) in [6.45, 7) is 5.34. The fourth-order valence-electron chi connectivity index (χ4n) is 2.48. The van der Waals surface area contributed by atoms with Crippen molar-refractivity contribution in [2.75, 3.05) is 54.5 Å². The molecule has 1 aromatic carbocycles. The Morgan fingerprint density at radius 2 is 1.87 bits per heavy atom. The average molecular weight is 323 g/mol. The average Bonchev–Trinajstić information content (AvgIpc) is 2.54. The molecule has 1 unspecified atom stereocenters. The van der Waals surface area contributed by atoms with Gasteiger partial charge in [0.1, 0.15) is 6.61 Å². The second-order valence-electron chi connectivity index (χ2n) is 6.15. The lowest BCUT2D eigenvalue weighted by Crippen LogP contribution is -2.31. The third-order valence-electron chi connectivity index (χ3n) is 3.99. The molecule has 0 aliphatic rings. The summed E-state index contributed by atoms with van der Waals surface area (Å²) in [6, 6.07) is 6.32. The topological polar surface area (TPSA) is 51.0 Å². The monoisotopic (exact) mass is 323 g/mol. The minimum atomic E-state index is 0.200. The molecule has 0 heterocycles. The Bertz CT molecular complexity index is 452. The molecule has 1 atom stereocenters. The molecule has 5 heteroatoms. The molecule has 132 valence electrons. The van der Waals surface area contributed by atoms with Crippen molar-refractivity contribution in [1.29, 1.82) is 0 Å². The maximum atomic E-state index is 6.00. The van der Waals surface area contributed by atoms with E-state index in [1.165, 1.54) is 18.4 Å². The summed E-state index contributed by atoms with van der Waals surface area (Å²) in [4.78, 5) is 4.40. The van der Waals surface area contributed by atoms with Gasteiger partial charge in [-0.05, 0) is 51.8 Å². The number of nitrogens with zero attached hydrogens (tertiary/aromatic N) is 2. The van der Waals surface area contributed by atoms with Crippen LogP contribution >= 0.6 is 0 Å². The number of nitrogens with two attached hydrogens (primary N) is 1. The minimum Gasteiger partial charge on any atom is -0.493 e. The summed E-state index contributed by atoms with van der Waals surface area (Å²) in [7, 11) is 7.86. The van der Waals surface area contributed by atoms with E-state index in [0.29, 0.717) is 13.2 Å². The molecule has 0 fully saturated rings. The van der Waals surface area contributed by atoms with Gasteiger partial charge >= 0.3 is 0 Å². The zero-order valence-corrected chi connectivity index (χ0v) is 15.3. The molecule has 5 nitrogen and oxygen atoms in total. The van der Waals surface area contributed by atoms with Crippen LogP contribution < -0.4 is 15.2 Å². The fraction of sp³-hybridized carbons (Fsp3) is 0.667. The maximum Gasteiger partial charge on any atom is 0.161 e. The zero-order chi connectivity index (χ0) is 17.2. The molecule has 1 aromatic rings. The first kappa shape index (κ1) is 19.7. The van der Waals surface area contributed by atoms with Gasteiger partial charge < -0.3 is 20.1 Å². The minimum absolute atomic E-state index is 0.200. The van der Waals surface area contributed by atoms with E-state index in [9.17, 15) is 0 Å². The van der Waals surface area contributed by atoms with E-state index in [4.69, 9.17) is 15.2 Å². The van der Waals surface area contributed by atoms with Gasteiger partial charge in [0, 0.05) is 19.1 Å². The van der Waals surface area contributed by atoms with Crippen molar-refractivity contribution >= 4 is 0 Å². The summed E-state index contributed by atoms with van der Waals surface area (Å²) in [5.74, 6) is 1.55. The highest BCUT2D eigenvalue weighted by molar-refractivity contribution is 5.44. The fourth-order valence-corrected chi connectivity index (χ4v) is 2.48. The Balaban J connectivity index is 2.83. The highest BCUT2D eigenvalue weighted by Crippen LogP contribution is 2.31. The Labute approximate surface area is 141 Å². The number of rotatable bonds is 11. The van der Waals surface area contributed by atoms with E-state index < -0.39 is 0 Å². The lowest BCUT2D eigenvalue weighted by molar-refractivity contribution is 0.241. The van der Waals surface area contributed by atoms with Crippen LogP contribution in [-0.4, -0.2) is 64.3 Å². The highest BCUT2D eigenvalue weighted by atomic mass is 16.5.